The summed E-state index contributed by atoms with van der Waals surface area (Å²) < 4.78 is 24.0. The fraction of sp³-hybridized carbons (Fsp3) is 0.154. The summed E-state index contributed by atoms with van der Waals surface area (Å²) in [6.07, 6.45) is 1.95. The van der Waals surface area contributed by atoms with Gasteiger partial charge in [0.05, 0.1) is 15.6 Å². The monoisotopic (exact) mass is 604 g/mol. The van der Waals surface area contributed by atoms with Crippen LogP contribution in [0.2, 0.25) is 0 Å². The van der Waals surface area contributed by atoms with E-state index >= 15 is 0 Å². The predicted octanol–water partition coefficient (Wildman–Crippen LogP) is 7.43. The second kappa shape index (κ2) is 12.0. The van der Waals surface area contributed by atoms with Gasteiger partial charge in [0.1, 0.15) is 11.6 Å². The molecule has 4 rings (SSSR count). The Balaban J connectivity index is 0.000000363. The van der Waals surface area contributed by atoms with E-state index in [1.807, 2.05) is 38.2 Å². The molecule has 0 unspecified atom stereocenters. The van der Waals surface area contributed by atoms with Crippen molar-refractivity contribution in [2.45, 2.75) is 20.8 Å². The van der Waals surface area contributed by atoms with Gasteiger partial charge in [-0.3, -0.25) is 4.79 Å². The average Bonchev–Trinajstić information content (AvgIpc) is 3.19. The minimum atomic E-state index is -0.930. The highest BCUT2D eigenvalue weighted by Crippen LogP contribution is 2.40. The van der Waals surface area contributed by atoms with Gasteiger partial charge in [-0.1, -0.05) is 17.7 Å². The summed E-state index contributed by atoms with van der Waals surface area (Å²) in [5.41, 5.74) is 3.68. The van der Waals surface area contributed by atoms with Crippen LogP contribution in [0.25, 0.3) is 10.9 Å². The Kier molecular flexibility index (Phi) is 9.06. The molecule has 4 aromatic rings. The van der Waals surface area contributed by atoms with Crippen molar-refractivity contribution in [1.29, 1.82) is 0 Å². The molecule has 1 heterocycles. The number of aromatic nitrogens is 1. The van der Waals surface area contributed by atoms with Gasteiger partial charge in [-0.2, -0.15) is 0 Å². The number of esters is 1. The first-order valence-electron chi connectivity index (χ1n) is 10.6. The molecule has 9 heteroatoms. The highest BCUT2D eigenvalue weighted by Gasteiger charge is 2.17. The Labute approximate surface area is 219 Å². The average molecular weight is 606 g/mol. The highest BCUT2D eigenvalue weighted by molar-refractivity contribution is 9.11. The quantitative estimate of drug-likeness (QED) is 0.187. The van der Waals surface area contributed by atoms with Crippen LogP contribution in [-0.4, -0.2) is 23.5 Å². The maximum Gasteiger partial charge on any atom is 0.397 e. The summed E-state index contributed by atoms with van der Waals surface area (Å²) in [7, 11) is 0. The smallest absolute Gasteiger partial charge is 0.397 e. The summed E-state index contributed by atoms with van der Waals surface area (Å²) in [5.74, 6) is -0.708. The van der Waals surface area contributed by atoms with Crippen molar-refractivity contribution < 1.29 is 23.5 Å². The number of anilines is 1. The number of fused-ring (bicyclic) bond motifs is 1. The molecule has 0 atom stereocenters. The zero-order valence-corrected chi connectivity index (χ0v) is 22.4. The van der Waals surface area contributed by atoms with Crippen LogP contribution >= 0.6 is 31.9 Å². The lowest BCUT2D eigenvalue weighted by molar-refractivity contribution is -0.152. The van der Waals surface area contributed by atoms with Crippen molar-refractivity contribution in [3.05, 3.63) is 86.7 Å². The fourth-order valence-electron chi connectivity index (χ4n) is 3.06. The van der Waals surface area contributed by atoms with Crippen LogP contribution < -0.4 is 10.1 Å². The number of aromatic amines is 1. The van der Waals surface area contributed by atoms with E-state index in [9.17, 15) is 14.0 Å². The number of hydrogen-bond acceptors (Lipinski definition) is 4. The van der Waals surface area contributed by atoms with E-state index in [0.29, 0.717) is 26.1 Å². The minimum Gasteiger partial charge on any atom is -0.459 e. The first kappa shape index (κ1) is 26.4. The van der Waals surface area contributed by atoms with Gasteiger partial charge in [-0.15, -0.1) is 0 Å². The van der Waals surface area contributed by atoms with Gasteiger partial charge >= 0.3 is 11.9 Å². The van der Waals surface area contributed by atoms with E-state index in [2.05, 4.69) is 46.9 Å². The van der Waals surface area contributed by atoms with Crippen LogP contribution in [0.5, 0.6) is 11.5 Å². The fourth-order valence-corrected chi connectivity index (χ4v) is 4.41. The Morgan fingerprint density at radius 2 is 1.66 bits per heavy atom. The number of benzene rings is 3. The number of H-pyrrole nitrogens is 1. The molecule has 6 nitrogen and oxygen atoms in total. The molecule has 182 valence electrons. The molecule has 0 bridgehead atoms. The Bertz CT molecular complexity index is 1310. The van der Waals surface area contributed by atoms with Gasteiger partial charge in [-0.05, 0) is 101 Å². The van der Waals surface area contributed by atoms with Crippen LogP contribution in [0.15, 0.2) is 69.7 Å². The molecule has 35 heavy (non-hydrogen) atoms. The van der Waals surface area contributed by atoms with Crippen molar-refractivity contribution in [1.82, 2.24) is 4.98 Å². The first-order chi connectivity index (χ1) is 16.7. The maximum atomic E-state index is 12.1. The zero-order valence-electron chi connectivity index (χ0n) is 19.2. The number of carbonyl (C=O) groups excluding carboxylic acids is 2. The Hall–Kier alpha value is -3.17. The van der Waals surface area contributed by atoms with Crippen LogP contribution in [0.1, 0.15) is 18.1 Å². The summed E-state index contributed by atoms with van der Waals surface area (Å²) in [6.45, 7) is 5.73. The number of rotatable bonds is 4. The molecule has 0 aliphatic heterocycles. The second-order valence-corrected chi connectivity index (χ2v) is 9.23. The van der Waals surface area contributed by atoms with E-state index in [0.717, 1.165) is 22.0 Å². The molecular weight excluding hydrogens is 583 g/mol. The number of hydrogen-bond donors (Lipinski definition) is 2. The summed E-state index contributed by atoms with van der Waals surface area (Å²) in [4.78, 5) is 26.4. The number of amides is 1. The van der Waals surface area contributed by atoms with E-state index in [1.165, 1.54) is 12.1 Å². The topological polar surface area (TPSA) is 80.4 Å². The second-order valence-electron chi connectivity index (χ2n) is 7.52. The highest BCUT2D eigenvalue weighted by atomic mass is 79.9. The molecule has 0 saturated carbocycles. The van der Waals surface area contributed by atoms with E-state index in [1.54, 1.807) is 31.2 Å². The predicted molar refractivity (Wildman–Crippen MR) is 141 cm³/mol. The van der Waals surface area contributed by atoms with Gasteiger partial charge in [0, 0.05) is 22.8 Å². The Morgan fingerprint density at radius 1 is 1.00 bits per heavy atom. The first-order valence-corrected chi connectivity index (χ1v) is 12.2. The lowest BCUT2D eigenvalue weighted by atomic mass is 10.2. The molecule has 1 aromatic heterocycles. The third-order valence-corrected chi connectivity index (χ3v) is 5.99. The molecule has 0 spiro atoms. The summed E-state index contributed by atoms with van der Waals surface area (Å²) >= 11 is 6.88. The zero-order chi connectivity index (χ0) is 25.5. The minimum absolute atomic E-state index is 0.136. The van der Waals surface area contributed by atoms with Crippen molar-refractivity contribution >= 4 is 60.3 Å². The number of nitrogens with one attached hydrogen (secondary N) is 2. The molecular formula is C26H23Br2FN2O4. The van der Waals surface area contributed by atoms with Crippen LogP contribution in [0, 0.1) is 19.7 Å². The van der Waals surface area contributed by atoms with E-state index in [-0.39, 0.29) is 12.4 Å². The third-order valence-electron chi connectivity index (χ3n) is 4.81. The molecule has 0 saturated heterocycles. The van der Waals surface area contributed by atoms with Gasteiger partial charge < -0.3 is 19.8 Å². The van der Waals surface area contributed by atoms with E-state index in [4.69, 9.17) is 4.74 Å². The van der Waals surface area contributed by atoms with Gasteiger partial charge in [0.2, 0.25) is 0 Å². The molecule has 3 aromatic carbocycles. The number of carbonyl (C=O) groups is 2. The molecule has 0 fully saturated rings. The standard InChI is InChI=1S/C19H16Br2N2O4.C7H7F/c1-3-26-19(25)18(24)23-11-6-14(20)17(15(21)7-11)27-12-4-5-16-13(8-12)10(2)9-22-16;1-6-2-4-7(8)5-3-6/h4-9,22H,3H2,1-2H3,(H,23,24);2-5H,1H3. The number of aryl methyl sites for hydroxylation is 2. The lowest BCUT2D eigenvalue weighted by Crippen LogP contribution is -2.25. The van der Waals surface area contributed by atoms with Crippen molar-refractivity contribution in [2.24, 2.45) is 0 Å². The van der Waals surface area contributed by atoms with Gasteiger partial charge in [-0.25, -0.2) is 9.18 Å². The molecule has 0 aliphatic carbocycles. The van der Waals surface area contributed by atoms with Gasteiger partial charge in [0.15, 0.2) is 5.75 Å². The van der Waals surface area contributed by atoms with Crippen LogP contribution in [0.3, 0.4) is 0 Å². The maximum absolute atomic E-state index is 12.1. The number of halogens is 3. The van der Waals surface area contributed by atoms with Crippen LogP contribution in [-0.2, 0) is 14.3 Å². The Morgan fingerprint density at radius 3 is 2.26 bits per heavy atom. The molecule has 1 amide bonds. The van der Waals surface area contributed by atoms with Crippen molar-refractivity contribution in [3.8, 4) is 11.5 Å². The molecule has 0 radical (unpaired) electrons. The summed E-state index contributed by atoms with van der Waals surface area (Å²) in [5, 5.41) is 3.58. The van der Waals surface area contributed by atoms with Crippen molar-refractivity contribution in [2.75, 3.05) is 11.9 Å². The molecule has 2 N–H and O–H groups in total. The lowest BCUT2D eigenvalue weighted by Gasteiger charge is -2.13. The van der Waals surface area contributed by atoms with Gasteiger partial charge in [0.25, 0.3) is 0 Å². The number of ether oxygens (including phenoxy) is 2. The summed E-state index contributed by atoms with van der Waals surface area (Å²) in [6, 6.07) is 15.5. The van der Waals surface area contributed by atoms with Crippen LogP contribution in [0.4, 0.5) is 10.1 Å². The molecule has 0 aliphatic rings. The van der Waals surface area contributed by atoms with Crippen molar-refractivity contribution in [3.63, 3.8) is 0 Å². The third kappa shape index (κ3) is 7.16. The van der Waals surface area contributed by atoms with E-state index < -0.39 is 11.9 Å². The largest absolute Gasteiger partial charge is 0.459 e. The normalized spacial score (nSPS) is 10.3. The SMILES string of the molecule is CCOC(=O)C(=O)Nc1cc(Br)c(Oc2ccc3[nH]cc(C)c3c2)c(Br)c1.Cc1ccc(F)cc1.